The molecule has 5 rings (SSSR count). The number of ether oxygens (including phenoxy) is 5. The molecule has 4 aromatic carbocycles. The minimum Gasteiger partial charge on any atom is -0.497 e. The van der Waals surface area contributed by atoms with Gasteiger partial charge in [0.25, 0.3) is 0 Å². The van der Waals surface area contributed by atoms with Crippen LogP contribution in [0.2, 0.25) is 0 Å². The van der Waals surface area contributed by atoms with Crippen LogP contribution in [-0.2, 0) is 15.6 Å². The minimum atomic E-state index is -3.89. The number of benzene rings is 4. The van der Waals surface area contributed by atoms with E-state index in [4.69, 9.17) is 23.7 Å². The van der Waals surface area contributed by atoms with Gasteiger partial charge in [0, 0.05) is 17.2 Å². The van der Waals surface area contributed by atoms with Crippen molar-refractivity contribution in [3.8, 4) is 28.7 Å². The van der Waals surface area contributed by atoms with E-state index in [1.165, 1.54) is 0 Å². The third kappa shape index (κ3) is 5.35. The van der Waals surface area contributed by atoms with Crippen LogP contribution in [-0.4, -0.2) is 44.0 Å². The first kappa shape index (κ1) is 28.1. The van der Waals surface area contributed by atoms with Crippen molar-refractivity contribution in [3.05, 3.63) is 112 Å². The zero-order valence-corrected chi connectivity index (χ0v) is 24.4. The average molecular weight is 573 g/mol. The van der Waals surface area contributed by atoms with Gasteiger partial charge in [0.05, 0.1) is 41.3 Å². The molecule has 0 aromatic heterocycles. The summed E-state index contributed by atoms with van der Waals surface area (Å²) in [6.45, 7) is 0. The van der Waals surface area contributed by atoms with Gasteiger partial charge in [0.1, 0.15) is 34.0 Å². The van der Waals surface area contributed by atoms with Gasteiger partial charge in [0.15, 0.2) is 9.84 Å². The van der Waals surface area contributed by atoms with E-state index in [1.54, 1.807) is 78.0 Å². The molecular weight excluding hydrogens is 540 g/mol. The predicted molar refractivity (Wildman–Crippen MR) is 160 cm³/mol. The smallest absolute Gasteiger partial charge is 0.165 e. The van der Waals surface area contributed by atoms with Gasteiger partial charge >= 0.3 is 0 Å². The molecular formula is C33H32O7S. The molecule has 212 valence electrons. The summed E-state index contributed by atoms with van der Waals surface area (Å²) in [5, 5.41) is -1.08. The fraction of sp³-hybridized carbons (Fsp3) is 0.212. The Morgan fingerprint density at radius 1 is 0.659 bits per heavy atom. The number of hydrogen-bond acceptors (Lipinski definition) is 7. The number of sulfone groups is 1. The number of hydrogen-bond donors (Lipinski definition) is 0. The maximum absolute atomic E-state index is 14.6. The van der Waals surface area contributed by atoms with Gasteiger partial charge < -0.3 is 23.7 Å². The lowest BCUT2D eigenvalue weighted by atomic mass is 9.91. The van der Waals surface area contributed by atoms with Crippen molar-refractivity contribution in [2.24, 2.45) is 0 Å². The highest BCUT2D eigenvalue weighted by molar-refractivity contribution is 7.91. The van der Waals surface area contributed by atoms with Gasteiger partial charge in [-0.05, 0) is 70.3 Å². The van der Waals surface area contributed by atoms with Crippen molar-refractivity contribution in [2.75, 3.05) is 35.5 Å². The molecule has 0 radical (unpaired) electrons. The molecule has 1 unspecified atom stereocenters. The summed E-state index contributed by atoms with van der Waals surface area (Å²) in [5.74, 6) is 2.63. The highest BCUT2D eigenvalue weighted by atomic mass is 32.2. The summed E-state index contributed by atoms with van der Waals surface area (Å²) < 4.78 is 57.1. The Morgan fingerprint density at radius 2 is 1.27 bits per heavy atom. The molecule has 4 aromatic rings. The zero-order chi connectivity index (χ0) is 29.1. The van der Waals surface area contributed by atoms with Crippen LogP contribution in [0.25, 0.3) is 11.6 Å². The summed E-state index contributed by atoms with van der Waals surface area (Å²) in [7, 11) is 3.97. The van der Waals surface area contributed by atoms with Gasteiger partial charge in [-0.15, -0.1) is 0 Å². The number of fused-ring (bicyclic) bond motifs is 2. The summed E-state index contributed by atoms with van der Waals surface area (Å²) in [4.78, 5) is 0. The summed E-state index contributed by atoms with van der Waals surface area (Å²) >= 11 is 0. The van der Waals surface area contributed by atoms with Gasteiger partial charge in [-0.1, -0.05) is 36.4 Å². The van der Waals surface area contributed by atoms with Gasteiger partial charge in [-0.2, -0.15) is 0 Å². The van der Waals surface area contributed by atoms with Crippen molar-refractivity contribution in [1.29, 1.82) is 0 Å². The van der Waals surface area contributed by atoms with E-state index in [-0.39, 0.29) is 5.75 Å². The molecule has 0 N–H and O–H groups in total. The van der Waals surface area contributed by atoms with Crippen molar-refractivity contribution in [3.63, 3.8) is 0 Å². The lowest BCUT2D eigenvalue weighted by Crippen LogP contribution is -2.20. The van der Waals surface area contributed by atoms with Gasteiger partial charge in [-0.25, -0.2) is 8.42 Å². The molecule has 7 nitrogen and oxygen atoms in total. The first-order valence-corrected chi connectivity index (χ1v) is 14.7. The van der Waals surface area contributed by atoms with Gasteiger partial charge in [0.2, 0.25) is 0 Å². The average Bonchev–Trinajstić information content (AvgIpc) is 3.15. The Bertz CT molecular complexity index is 1690. The molecule has 41 heavy (non-hydrogen) atoms. The normalized spacial score (nSPS) is 14.2. The van der Waals surface area contributed by atoms with E-state index < -0.39 is 15.1 Å². The fourth-order valence-corrected chi connectivity index (χ4v) is 7.33. The molecule has 8 heteroatoms. The molecule has 0 fully saturated rings. The lowest BCUT2D eigenvalue weighted by molar-refractivity contribution is 0.392. The molecule has 1 atom stereocenters. The fourth-order valence-electron chi connectivity index (χ4n) is 5.32. The largest absolute Gasteiger partial charge is 0.497 e. The molecule has 0 amide bonds. The topological polar surface area (TPSA) is 80.3 Å². The van der Waals surface area contributed by atoms with Gasteiger partial charge in [-0.3, -0.25) is 0 Å². The maximum atomic E-state index is 14.6. The zero-order valence-electron chi connectivity index (χ0n) is 23.6. The monoisotopic (exact) mass is 572 g/mol. The van der Waals surface area contributed by atoms with Crippen LogP contribution >= 0.6 is 0 Å². The van der Waals surface area contributed by atoms with Crippen molar-refractivity contribution in [2.45, 2.75) is 11.0 Å². The van der Waals surface area contributed by atoms with Crippen LogP contribution in [0, 0.1) is 0 Å². The van der Waals surface area contributed by atoms with E-state index in [0.717, 1.165) is 16.7 Å². The van der Waals surface area contributed by atoms with Crippen LogP contribution in [0.3, 0.4) is 0 Å². The molecule has 0 aliphatic heterocycles. The van der Waals surface area contributed by atoms with E-state index >= 15 is 0 Å². The molecule has 0 spiro atoms. The molecule has 0 bridgehead atoms. The Labute approximate surface area is 240 Å². The molecule has 0 saturated carbocycles. The second-order valence-corrected chi connectivity index (χ2v) is 11.7. The summed E-state index contributed by atoms with van der Waals surface area (Å²) in [6.07, 6.45) is 2.00. The predicted octanol–water partition coefficient (Wildman–Crippen LogP) is 6.34. The quantitative estimate of drug-likeness (QED) is 0.232. The lowest BCUT2D eigenvalue weighted by Gasteiger charge is -2.25. The van der Waals surface area contributed by atoms with E-state index in [1.807, 2.05) is 42.5 Å². The van der Waals surface area contributed by atoms with Crippen molar-refractivity contribution < 1.29 is 32.1 Å². The third-order valence-electron chi connectivity index (χ3n) is 7.28. The van der Waals surface area contributed by atoms with Crippen LogP contribution in [0.4, 0.5) is 0 Å². The minimum absolute atomic E-state index is 0.198. The van der Waals surface area contributed by atoms with E-state index in [2.05, 4.69) is 0 Å². The summed E-state index contributed by atoms with van der Waals surface area (Å²) in [5.41, 5.74) is 4.82. The Balaban J connectivity index is 1.83. The van der Waals surface area contributed by atoms with Crippen molar-refractivity contribution in [1.82, 2.24) is 0 Å². The van der Waals surface area contributed by atoms with Crippen LogP contribution in [0.15, 0.2) is 78.9 Å². The number of rotatable bonds is 9. The van der Waals surface area contributed by atoms with E-state index in [0.29, 0.717) is 51.0 Å². The molecule has 1 aliphatic rings. The molecule has 1 aliphatic carbocycles. The summed E-state index contributed by atoms with van der Waals surface area (Å²) in [6, 6.07) is 23.8. The van der Waals surface area contributed by atoms with Crippen molar-refractivity contribution >= 4 is 21.5 Å². The third-order valence-corrected chi connectivity index (χ3v) is 9.23. The number of methoxy groups -OCH3 is 5. The van der Waals surface area contributed by atoms with Crippen LogP contribution in [0.1, 0.15) is 38.6 Å². The highest BCUT2D eigenvalue weighted by Gasteiger charge is 2.39. The van der Waals surface area contributed by atoms with E-state index in [9.17, 15) is 8.42 Å². The SMILES string of the molecule is COc1ccc(CS(=O)(=O)C2c3cc(OC)cc(OC)c3C(c3ccc(OC)cc3)=Cc3cccc(OC)c32)cc1. The Hall–Kier alpha value is -4.43. The molecule has 0 saturated heterocycles. The molecule has 0 heterocycles. The first-order valence-electron chi connectivity index (χ1n) is 13.0. The second-order valence-electron chi connectivity index (χ2n) is 9.58. The standard InChI is InChI=1S/C33H32O7S/c1-36-24-13-9-21(10-14-24)20-41(34,35)33-28-18-26(38-3)19-30(40-5)32(28)27(22-11-15-25(37-2)16-12-22)17-23-7-6-8-29(39-4)31(23)33/h6-19,33H,20H2,1-5H3. The Kier molecular flexibility index (Phi) is 7.94. The maximum Gasteiger partial charge on any atom is 0.165 e. The second kappa shape index (κ2) is 11.6. The highest BCUT2D eigenvalue weighted by Crippen LogP contribution is 2.50. The Morgan fingerprint density at radius 3 is 1.85 bits per heavy atom. The first-order chi connectivity index (χ1) is 19.8. The van der Waals surface area contributed by atoms with Crippen LogP contribution in [0.5, 0.6) is 28.7 Å². The van der Waals surface area contributed by atoms with Crippen LogP contribution < -0.4 is 23.7 Å².